The number of amides is 2. The van der Waals surface area contributed by atoms with E-state index >= 15 is 0 Å². The Labute approximate surface area is 270 Å². The number of ether oxygens (including phenoxy) is 1. The number of hydrogen-bond donors (Lipinski definition) is 1. The molecule has 4 aliphatic rings. The van der Waals surface area contributed by atoms with Gasteiger partial charge < -0.3 is 19.6 Å². The molecule has 6 atom stereocenters. The second-order valence-corrected chi connectivity index (χ2v) is 15.4. The van der Waals surface area contributed by atoms with Gasteiger partial charge in [0.15, 0.2) is 0 Å². The second kappa shape index (κ2) is 14.0. The van der Waals surface area contributed by atoms with Crippen molar-refractivity contribution in [1.82, 2.24) is 19.6 Å². The number of hydrogen-bond acceptors (Lipinski definition) is 6. The summed E-state index contributed by atoms with van der Waals surface area (Å²) in [4.78, 5) is 36.5. The first kappa shape index (κ1) is 33.6. The number of aliphatic hydroxyl groups is 1. The van der Waals surface area contributed by atoms with Gasteiger partial charge in [-0.2, -0.15) is 0 Å². The lowest BCUT2D eigenvalue weighted by molar-refractivity contribution is -0.147. The van der Waals surface area contributed by atoms with Crippen molar-refractivity contribution >= 4 is 23.4 Å². The van der Waals surface area contributed by atoms with E-state index in [2.05, 4.69) is 49.6 Å². The van der Waals surface area contributed by atoms with Crippen LogP contribution in [0.25, 0.3) is 0 Å². The van der Waals surface area contributed by atoms with Crippen molar-refractivity contribution in [2.45, 2.75) is 121 Å². The van der Waals surface area contributed by atoms with Crippen LogP contribution in [0.2, 0.25) is 5.02 Å². The minimum atomic E-state index is -0.835. The molecular weight excluding hydrogens is 576 g/mol. The summed E-state index contributed by atoms with van der Waals surface area (Å²) in [6.45, 7) is 14.2. The van der Waals surface area contributed by atoms with Gasteiger partial charge in [-0.25, -0.2) is 0 Å². The van der Waals surface area contributed by atoms with E-state index in [1.165, 1.54) is 0 Å². The number of carbonyl (C=O) groups is 2. The average Bonchev–Trinajstić information content (AvgIpc) is 3.78. The summed E-state index contributed by atoms with van der Waals surface area (Å²) in [5, 5.41) is 13.1. The highest BCUT2D eigenvalue weighted by Crippen LogP contribution is 2.42. The van der Waals surface area contributed by atoms with Gasteiger partial charge in [0.1, 0.15) is 12.3 Å². The third-order valence-electron chi connectivity index (χ3n) is 11.0. The Hall–Kier alpha value is -1.71. The summed E-state index contributed by atoms with van der Waals surface area (Å²) >= 11 is 6.26. The molecule has 1 saturated carbocycles. The van der Waals surface area contributed by atoms with Crippen molar-refractivity contribution in [2.75, 3.05) is 39.8 Å². The molecule has 0 unspecified atom stereocenters. The maximum atomic E-state index is 14.1. The van der Waals surface area contributed by atoms with E-state index in [1.54, 1.807) is 4.90 Å². The predicted molar refractivity (Wildman–Crippen MR) is 174 cm³/mol. The largest absolute Gasteiger partial charge is 0.378 e. The summed E-state index contributed by atoms with van der Waals surface area (Å²) in [5.41, 5.74) is 1.09. The monoisotopic (exact) mass is 630 g/mol. The number of likely N-dealkylation sites (N-methyl/N-ethyl adjacent to an activating group) is 1. The summed E-state index contributed by atoms with van der Waals surface area (Å²) in [6, 6.07) is 7.51. The minimum absolute atomic E-state index is 0.0181. The number of halogens is 1. The molecule has 3 heterocycles. The van der Waals surface area contributed by atoms with Crippen molar-refractivity contribution in [3.05, 3.63) is 34.9 Å². The predicted octanol–water partition coefficient (Wildman–Crippen LogP) is 4.98. The van der Waals surface area contributed by atoms with E-state index < -0.39 is 18.4 Å². The van der Waals surface area contributed by atoms with Gasteiger partial charge in [0.2, 0.25) is 5.91 Å². The number of nitrogens with zero attached hydrogens (tertiary/aromatic N) is 4. The maximum absolute atomic E-state index is 14.1. The van der Waals surface area contributed by atoms with E-state index in [-0.39, 0.29) is 41.3 Å². The highest BCUT2D eigenvalue weighted by molar-refractivity contribution is 6.30. The zero-order chi connectivity index (χ0) is 31.8. The molecule has 1 aliphatic carbocycles. The third-order valence-corrected chi connectivity index (χ3v) is 11.3. The molecule has 0 aromatic heterocycles. The Morgan fingerprint density at radius 2 is 1.70 bits per heavy atom. The Bertz CT molecular complexity index is 1130. The van der Waals surface area contributed by atoms with Crippen LogP contribution < -0.4 is 0 Å². The van der Waals surface area contributed by atoms with Crippen LogP contribution in [0.1, 0.15) is 91.0 Å². The average molecular weight is 631 g/mol. The van der Waals surface area contributed by atoms with Gasteiger partial charge in [-0.15, -0.1) is 0 Å². The molecule has 1 aromatic carbocycles. The summed E-state index contributed by atoms with van der Waals surface area (Å²) < 4.78 is 5.92. The van der Waals surface area contributed by atoms with Crippen LogP contribution in [0.4, 0.5) is 0 Å². The van der Waals surface area contributed by atoms with Crippen LogP contribution in [-0.2, 0) is 14.3 Å². The van der Waals surface area contributed by atoms with E-state index in [9.17, 15) is 14.7 Å². The fraction of sp³-hybridized carbons (Fsp3) is 0.771. The summed E-state index contributed by atoms with van der Waals surface area (Å²) in [7, 11) is 1.84. The van der Waals surface area contributed by atoms with Gasteiger partial charge in [-0.05, 0) is 96.3 Å². The van der Waals surface area contributed by atoms with E-state index in [4.69, 9.17) is 16.3 Å². The smallest absolute Gasteiger partial charge is 0.252 e. The van der Waals surface area contributed by atoms with E-state index in [0.717, 1.165) is 57.2 Å². The Morgan fingerprint density at radius 1 is 1.02 bits per heavy atom. The maximum Gasteiger partial charge on any atom is 0.252 e. The Morgan fingerprint density at radius 3 is 2.30 bits per heavy atom. The van der Waals surface area contributed by atoms with Crippen LogP contribution in [0.5, 0.6) is 0 Å². The number of likely N-dealkylation sites (tertiary alicyclic amines) is 2. The quantitative estimate of drug-likeness (QED) is 0.437. The van der Waals surface area contributed by atoms with Crippen LogP contribution in [0.3, 0.4) is 0 Å². The molecule has 2 amide bonds. The minimum Gasteiger partial charge on any atom is -0.378 e. The SMILES string of the molecule is CCN(C)C(=O)[C@@H]1C[C@H](N(C(=O)[C@@H]2CCCO2)C2CCC(C)CC2)CN1[C@H](O)[C@@H]1CN(C(C)(C)C)C[C@H]1c1ccc(Cl)cc1. The van der Waals surface area contributed by atoms with Crippen molar-refractivity contribution in [3.8, 4) is 0 Å². The van der Waals surface area contributed by atoms with E-state index in [1.807, 2.05) is 31.0 Å². The molecule has 9 heteroatoms. The van der Waals surface area contributed by atoms with Crippen LogP contribution >= 0.6 is 11.6 Å². The van der Waals surface area contributed by atoms with Crippen LogP contribution in [0.15, 0.2) is 24.3 Å². The first-order valence-corrected chi connectivity index (χ1v) is 17.4. The molecule has 0 spiro atoms. The molecular formula is C35H55ClN4O4. The lowest BCUT2D eigenvalue weighted by atomic mass is 9.85. The summed E-state index contributed by atoms with van der Waals surface area (Å²) in [5.74, 6) is 0.749. The van der Waals surface area contributed by atoms with Crippen LogP contribution in [0, 0.1) is 11.8 Å². The first-order valence-electron chi connectivity index (χ1n) is 17.0. The molecule has 1 aromatic rings. The van der Waals surface area contributed by atoms with Gasteiger partial charge in [0.05, 0.1) is 6.04 Å². The van der Waals surface area contributed by atoms with Crippen molar-refractivity contribution in [1.29, 1.82) is 0 Å². The number of benzene rings is 1. The van der Waals surface area contributed by atoms with Gasteiger partial charge in [-0.3, -0.25) is 19.4 Å². The molecule has 246 valence electrons. The molecule has 44 heavy (non-hydrogen) atoms. The summed E-state index contributed by atoms with van der Waals surface area (Å²) in [6.07, 6.45) is 5.13. The first-order chi connectivity index (χ1) is 20.9. The van der Waals surface area contributed by atoms with E-state index in [0.29, 0.717) is 37.1 Å². The topological polar surface area (TPSA) is 76.6 Å². The van der Waals surface area contributed by atoms with Gasteiger partial charge in [-0.1, -0.05) is 30.7 Å². The Kier molecular flexibility index (Phi) is 10.7. The van der Waals surface area contributed by atoms with Gasteiger partial charge in [0, 0.05) is 74.3 Å². The fourth-order valence-electron chi connectivity index (χ4n) is 8.09. The van der Waals surface area contributed by atoms with Crippen molar-refractivity contribution in [3.63, 3.8) is 0 Å². The molecule has 3 aliphatic heterocycles. The zero-order valence-electron chi connectivity index (χ0n) is 27.8. The zero-order valence-corrected chi connectivity index (χ0v) is 28.5. The molecule has 0 radical (unpaired) electrons. The second-order valence-electron chi connectivity index (χ2n) is 14.9. The highest BCUT2D eigenvalue weighted by atomic mass is 35.5. The van der Waals surface area contributed by atoms with Crippen molar-refractivity contribution in [2.24, 2.45) is 11.8 Å². The van der Waals surface area contributed by atoms with Gasteiger partial charge in [0.25, 0.3) is 5.91 Å². The third kappa shape index (κ3) is 7.15. The lowest BCUT2D eigenvalue weighted by Crippen LogP contribution is -2.54. The number of carbonyl (C=O) groups excluding carboxylic acids is 2. The molecule has 3 saturated heterocycles. The molecule has 5 rings (SSSR count). The number of rotatable bonds is 8. The molecule has 4 fully saturated rings. The fourth-order valence-corrected chi connectivity index (χ4v) is 8.22. The van der Waals surface area contributed by atoms with Crippen LogP contribution in [-0.4, -0.2) is 112 Å². The normalized spacial score (nSPS) is 32.6. The molecule has 0 bridgehead atoms. The standard InChI is InChI=1S/C35H55ClN4O4/c1-7-37(6)33(42)30-19-27(40(26-16-10-23(2)11-17-26)34(43)31-9-8-18-44-31)20-39(30)32(41)29-22-38(35(3,4)5)21-28(29)24-12-14-25(36)15-13-24/h12-15,23,26-32,41H,7-11,16-22H2,1-6H3/t23?,26?,27-,28-,29+,30-,31-,32+/m0/s1. The Balaban J connectivity index is 1.47. The molecule has 1 N–H and O–H groups in total. The lowest BCUT2D eigenvalue weighted by Gasteiger charge is -2.41. The molecule has 8 nitrogen and oxygen atoms in total. The van der Waals surface area contributed by atoms with Crippen molar-refractivity contribution < 1.29 is 19.4 Å². The number of aliphatic hydroxyl groups excluding tert-OH is 1. The van der Waals surface area contributed by atoms with Gasteiger partial charge >= 0.3 is 0 Å². The highest BCUT2D eigenvalue weighted by Gasteiger charge is 2.51.